The summed E-state index contributed by atoms with van der Waals surface area (Å²) in [4.78, 5) is 13.7. The van der Waals surface area contributed by atoms with Crippen molar-refractivity contribution in [2.75, 3.05) is 23.3 Å². The first-order valence-electron chi connectivity index (χ1n) is 9.37. The van der Waals surface area contributed by atoms with Crippen LogP contribution in [0.4, 0.5) is 15.8 Å². The maximum Gasteiger partial charge on any atom is 0.336 e. The summed E-state index contributed by atoms with van der Waals surface area (Å²) < 4.78 is 13.4. The van der Waals surface area contributed by atoms with Gasteiger partial charge in [0.1, 0.15) is 11.9 Å². The predicted molar refractivity (Wildman–Crippen MR) is 115 cm³/mol. The molecule has 0 amide bonds. The lowest BCUT2D eigenvalue weighted by Crippen LogP contribution is -2.39. The van der Waals surface area contributed by atoms with E-state index in [1.165, 1.54) is 12.1 Å². The number of nitrogens with zero attached hydrogens (tertiary/aromatic N) is 2. The number of hydrogen-bond acceptors (Lipinski definition) is 4. The van der Waals surface area contributed by atoms with Gasteiger partial charge in [-0.1, -0.05) is 6.07 Å². The van der Waals surface area contributed by atoms with Crippen molar-refractivity contribution in [2.24, 2.45) is 0 Å². The maximum absolute atomic E-state index is 13.4. The van der Waals surface area contributed by atoms with Gasteiger partial charge >= 0.3 is 5.97 Å². The van der Waals surface area contributed by atoms with E-state index in [1.54, 1.807) is 6.07 Å². The van der Waals surface area contributed by atoms with Crippen molar-refractivity contribution in [2.45, 2.75) is 39.7 Å². The number of nitriles is 1. The van der Waals surface area contributed by atoms with Gasteiger partial charge in [0, 0.05) is 24.8 Å². The number of carbonyl (C=O) groups is 1. The molecule has 1 heterocycles. The number of piperidine rings is 1. The Kier molecular flexibility index (Phi) is 7.10. The molecular formula is C22H25ClFN3O2. The van der Waals surface area contributed by atoms with Crippen LogP contribution in [-0.4, -0.2) is 30.2 Å². The Labute approximate surface area is 176 Å². The molecule has 1 saturated heterocycles. The zero-order chi connectivity index (χ0) is 20.4. The molecule has 3 rings (SSSR count). The standard InChI is InChI=1S/C22H24FN3O2.ClH/c1-13-10-14(2)21(15(3)20(13)22(27)28)25-18-6-8-26(9-7-18)19-5-4-17(23)11-16(19)12-24;/h4-5,10-11,18,25H,6-9H2,1-3H3,(H,27,28);1H. The van der Waals surface area contributed by atoms with Crippen molar-refractivity contribution in [1.82, 2.24) is 0 Å². The molecule has 0 unspecified atom stereocenters. The van der Waals surface area contributed by atoms with E-state index >= 15 is 0 Å². The van der Waals surface area contributed by atoms with E-state index in [1.807, 2.05) is 26.8 Å². The lowest BCUT2D eigenvalue weighted by atomic mass is 9.95. The molecule has 0 atom stereocenters. The fourth-order valence-corrected chi connectivity index (χ4v) is 4.08. The van der Waals surface area contributed by atoms with Crippen molar-refractivity contribution in [3.63, 3.8) is 0 Å². The molecule has 0 bridgehead atoms. The van der Waals surface area contributed by atoms with Gasteiger partial charge in [-0.3, -0.25) is 0 Å². The summed E-state index contributed by atoms with van der Waals surface area (Å²) in [7, 11) is 0. The minimum atomic E-state index is -0.909. The summed E-state index contributed by atoms with van der Waals surface area (Å²) in [6.45, 7) is 7.14. The number of nitrogens with one attached hydrogen (secondary N) is 1. The van der Waals surface area contributed by atoms with E-state index in [0.29, 0.717) is 11.1 Å². The van der Waals surface area contributed by atoms with Gasteiger partial charge in [0.25, 0.3) is 0 Å². The summed E-state index contributed by atoms with van der Waals surface area (Å²) in [5.41, 5.74) is 4.92. The van der Waals surface area contributed by atoms with Crippen LogP contribution in [0.1, 0.15) is 45.5 Å². The number of aromatic carboxylic acids is 1. The summed E-state index contributed by atoms with van der Waals surface area (Å²) in [6.07, 6.45) is 1.69. The van der Waals surface area contributed by atoms with Gasteiger partial charge in [-0.2, -0.15) is 5.26 Å². The number of halogens is 2. The molecule has 29 heavy (non-hydrogen) atoms. The fraction of sp³-hybridized carbons (Fsp3) is 0.364. The van der Waals surface area contributed by atoms with Crippen LogP contribution in [0.3, 0.4) is 0 Å². The number of benzene rings is 2. The van der Waals surface area contributed by atoms with E-state index in [-0.39, 0.29) is 18.4 Å². The van der Waals surface area contributed by atoms with Crippen LogP contribution in [0.25, 0.3) is 0 Å². The molecule has 154 valence electrons. The molecule has 2 aromatic rings. The number of hydrogen-bond donors (Lipinski definition) is 2. The van der Waals surface area contributed by atoms with Crippen molar-refractivity contribution >= 4 is 29.8 Å². The van der Waals surface area contributed by atoms with E-state index < -0.39 is 11.8 Å². The normalized spacial score (nSPS) is 14.1. The lowest BCUT2D eigenvalue weighted by molar-refractivity contribution is 0.0695. The first-order valence-corrected chi connectivity index (χ1v) is 9.37. The van der Waals surface area contributed by atoms with Crippen LogP contribution >= 0.6 is 12.4 Å². The minimum absolute atomic E-state index is 0. The molecule has 5 nitrogen and oxygen atoms in total. The van der Waals surface area contributed by atoms with Crippen molar-refractivity contribution in [3.8, 4) is 6.07 Å². The van der Waals surface area contributed by atoms with Gasteiger partial charge in [-0.05, 0) is 68.5 Å². The Balaban J connectivity index is 0.00000300. The third-order valence-corrected chi connectivity index (χ3v) is 5.45. The number of carboxylic acids is 1. The Morgan fingerprint density at radius 2 is 1.86 bits per heavy atom. The summed E-state index contributed by atoms with van der Waals surface area (Å²) in [5.74, 6) is -1.32. The number of rotatable bonds is 4. The molecule has 0 saturated carbocycles. The Hall–Kier alpha value is -2.78. The van der Waals surface area contributed by atoms with Crippen LogP contribution in [0.15, 0.2) is 24.3 Å². The van der Waals surface area contributed by atoms with Gasteiger partial charge in [0.15, 0.2) is 0 Å². The van der Waals surface area contributed by atoms with Crippen LogP contribution < -0.4 is 10.2 Å². The highest BCUT2D eigenvalue weighted by Gasteiger charge is 2.23. The zero-order valence-corrected chi connectivity index (χ0v) is 17.6. The van der Waals surface area contributed by atoms with E-state index in [9.17, 15) is 19.6 Å². The molecule has 0 aromatic heterocycles. The highest BCUT2D eigenvalue weighted by molar-refractivity contribution is 5.93. The molecule has 0 spiro atoms. The topological polar surface area (TPSA) is 76.4 Å². The van der Waals surface area contributed by atoms with E-state index in [4.69, 9.17) is 0 Å². The Bertz CT molecular complexity index is 964. The molecule has 7 heteroatoms. The van der Waals surface area contributed by atoms with E-state index in [0.717, 1.165) is 54.0 Å². The monoisotopic (exact) mass is 417 g/mol. The summed E-state index contributed by atoms with van der Waals surface area (Å²) in [5, 5.41) is 22.3. The molecule has 1 aliphatic heterocycles. The van der Waals surface area contributed by atoms with Crippen molar-refractivity contribution < 1.29 is 14.3 Å². The van der Waals surface area contributed by atoms with Gasteiger partial charge in [-0.15, -0.1) is 12.4 Å². The molecule has 0 radical (unpaired) electrons. The van der Waals surface area contributed by atoms with Crippen molar-refractivity contribution in [3.05, 3.63) is 57.9 Å². The van der Waals surface area contributed by atoms with Crippen LogP contribution in [0.5, 0.6) is 0 Å². The minimum Gasteiger partial charge on any atom is -0.478 e. The number of anilines is 2. The van der Waals surface area contributed by atoms with Gasteiger partial charge in [0.2, 0.25) is 0 Å². The molecule has 2 aromatic carbocycles. The number of carboxylic acid groups (broad SMARTS) is 1. The largest absolute Gasteiger partial charge is 0.478 e. The number of aryl methyl sites for hydroxylation is 2. The maximum atomic E-state index is 13.4. The first kappa shape index (κ1) is 22.5. The fourth-order valence-electron chi connectivity index (χ4n) is 4.08. The molecule has 0 aliphatic carbocycles. The lowest BCUT2D eigenvalue weighted by Gasteiger charge is -2.35. The van der Waals surface area contributed by atoms with Crippen LogP contribution in [0.2, 0.25) is 0 Å². The molecular weight excluding hydrogens is 393 g/mol. The average molecular weight is 418 g/mol. The highest BCUT2D eigenvalue weighted by atomic mass is 35.5. The Morgan fingerprint density at radius 1 is 1.21 bits per heavy atom. The molecule has 1 aliphatic rings. The summed E-state index contributed by atoms with van der Waals surface area (Å²) >= 11 is 0. The molecule has 2 N–H and O–H groups in total. The van der Waals surface area contributed by atoms with Crippen molar-refractivity contribution in [1.29, 1.82) is 5.26 Å². The second-order valence-electron chi connectivity index (χ2n) is 7.37. The SMILES string of the molecule is Cc1cc(C)c(C(=O)O)c(C)c1NC1CCN(c2ccc(F)cc2C#N)CC1.Cl. The molecule has 1 fully saturated rings. The second-order valence-corrected chi connectivity index (χ2v) is 7.37. The quantitative estimate of drug-likeness (QED) is 0.745. The van der Waals surface area contributed by atoms with Crippen LogP contribution in [0, 0.1) is 37.9 Å². The zero-order valence-electron chi connectivity index (χ0n) is 16.8. The first-order chi connectivity index (χ1) is 13.3. The smallest absolute Gasteiger partial charge is 0.336 e. The summed E-state index contributed by atoms with van der Waals surface area (Å²) in [6, 6.07) is 8.50. The van der Waals surface area contributed by atoms with Gasteiger partial charge < -0.3 is 15.3 Å². The van der Waals surface area contributed by atoms with Crippen LogP contribution in [-0.2, 0) is 0 Å². The van der Waals surface area contributed by atoms with Gasteiger partial charge in [-0.25, -0.2) is 9.18 Å². The third kappa shape index (κ3) is 4.63. The third-order valence-electron chi connectivity index (χ3n) is 5.45. The van der Waals surface area contributed by atoms with Gasteiger partial charge in [0.05, 0.1) is 16.8 Å². The predicted octanol–water partition coefficient (Wildman–Crippen LogP) is 4.82. The Morgan fingerprint density at radius 3 is 2.45 bits per heavy atom. The van der Waals surface area contributed by atoms with E-state index in [2.05, 4.69) is 16.3 Å². The average Bonchev–Trinajstić information content (AvgIpc) is 2.65. The highest BCUT2D eigenvalue weighted by Crippen LogP contribution is 2.30. The second kappa shape index (κ2) is 9.15.